The maximum atomic E-state index is 13.0. The monoisotopic (exact) mass is 486 g/mol. The van der Waals surface area contributed by atoms with Gasteiger partial charge in [0.15, 0.2) is 5.60 Å². The molecule has 4 N–H and O–H groups in total. The average Bonchev–Trinajstić information content (AvgIpc) is 2.73. The molecule has 0 aliphatic carbocycles. The minimum absolute atomic E-state index is 0.118. The zero-order valence-electron chi connectivity index (χ0n) is 23.0. The van der Waals surface area contributed by atoms with E-state index in [0.29, 0.717) is 19.3 Å². The lowest BCUT2D eigenvalue weighted by Gasteiger charge is -2.47. The van der Waals surface area contributed by atoms with Crippen molar-refractivity contribution >= 4 is 17.9 Å². The molecular formula is C27H50O7. The highest BCUT2D eigenvalue weighted by Gasteiger charge is 2.66. The van der Waals surface area contributed by atoms with Gasteiger partial charge < -0.3 is 20.4 Å². The minimum Gasteiger partial charge on any atom is -0.481 e. The van der Waals surface area contributed by atoms with Crippen LogP contribution >= 0.6 is 0 Å². The number of aliphatic carboxylic acids is 3. The average molecular weight is 487 g/mol. The van der Waals surface area contributed by atoms with Crippen molar-refractivity contribution < 1.29 is 34.8 Å². The van der Waals surface area contributed by atoms with Crippen LogP contribution in [-0.4, -0.2) is 43.9 Å². The SMILES string of the molecule is CCC(C)(C)CCC(C(=O)O)C(O)(C(=O)O)C(CCC(C)(C)CC)(CCC(C)(C)CC)C(=O)O. The summed E-state index contributed by atoms with van der Waals surface area (Å²) < 4.78 is 0. The van der Waals surface area contributed by atoms with E-state index in [1.807, 2.05) is 62.3 Å². The van der Waals surface area contributed by atoms with Crippen LogP contribution in [0.2, 0.25) is 0 Å². The second-order valence-electron chi connectivity index (χ2n) is 12.4. The Bertz CT molecular complexity index is 688. The molecule has 0 aliphatic rings. The minimum atomic E-state index is -2.96. The Morgan fingerprint density at radius 1 is 0.618 bits per heavy atom. The third kappa shape index (κ3) is 7.69. The molecule has 0 spiro atoms. The van der Waals surface area contributed by atoms with Gasteiger partial charge >= 0.3 is 17.9 Å². The number of carbonyl (C=O) groups is 3. The van der Waals surface area contributed by atoms with Gasteiger partial charge in [-0.25, -0.2) is 4.79 Å². The van der Waals surface area contributed by atoms with Crippen molar-refractivity contribution in [3.05, 3.63) is 0 Å². The zero-order chi connectivity index (χ0) is 27.2. The van der Waals surface area contributed by atoms with Gasteiger partial charge in [0.2, 0.25) is 0 Å². The van der Waals surface area contributed by atoms with Gasteiger partial charge in [-0.2, -0.15) is 0 Å². The number of carboxylic acids is 3. The molecule has 2 unspecified atom stereocenters. The zero-order valence-corrected chi connectivity index (χ0v) is 23.0. The first-order chi connectivity index (χ1) is 15.3. The predicted molar refractivity (Wildman–Crippen MR) is 134 cm³/mol. The summed E-state index contributed by atoms with van der Waals surface area (Å²) in [5, 5.41) is 42.8. The van der Waals surface area contributed by atoms with Crippen molar-refractivity contribution in [1.82, 2.24) is 0 Å². The van der Waals surface area contributed by atoms with Gasteiger partial charge in [0.25, 0.3) is 0 Å². The predicted octanol–water partition coefficient (Wildman–Crippen LogP) is 6.22. The fourth-order valence-corrected chi connectivity index (χ4v) is 4.25. The number of hydrogen-bond acceptors (Lipinski definition) is 4. The van der Waals surface area contributed by atoms with Crippen molar-refractivity contribution in [2.75, 3.05) is 0 Å². The van der Waals surface area contributed by atoms with Crippen LogP contribution in [0.25, 0.3) is 0 Å². The summed E-state index contributed by atoms with van der Waals surface area (Å²) in [4.78, 5) is 38.1. The summed E-state index contributed by atoms with van der Waals surface area (Å²) >= 11 is 0. The highest BCUT2D eigenvalue weighted by atomic mass is 16.4. The smallest absolute Gasteiger partial charge is 0.337 e. The maximum Gasteiger partial charge on any atom is 0.337 e. The molecule has 200 valence electrons. The lowest BCUT2D eigenvalue weighted by molar-refractivity contribution is -0.209. The lowest BCUT2D eigenvalue weighted by Crippen LogP contribution is -2.64. The molecule has 0 amide bonds. The first-order valence-corrected chi connectivity index (χ1v) is 12.7. The largest absolute Gasteiger partial charge is 0.481 e. The molecule has 0 saturated carbocycles. The molecule has 0 rings (SSSR count). The molecule has 0 fully saturated rings. The molecule has 0 radical (unpaired) electrons. The van der Waals surface area contributed by atoms with E-state index in [0.717, 1.165) is 19.3 Å². The third-order valence-electron chi connectivity index (χ3n) is 8.71. The van der Waals surface area contributed by atoms with E-state index in [-0.39, 0.29) is 35.5 Å². The van der Waals surface area contributed by atoms with Gasteiger partial charge in [-0.3, -0.25) is 9.59 Å². The Hall–Kier alpha value is -1.63. The summed E-state index contributed by atoms with van der Waals surface area (Å²) in [5.41, 5.74) is -5.95. The fourth-order valence-electron chi connectivity index (χ4n) is 4.25. The summed E-state index contributed by atoms with van der Waals surface area (Å²) in [6.07, 6.45) is 2.91. The second-order valence-corrected chi connectivity index (χ2v) is 12.4. The van der Waals surface area contributed by atoms with Crippen molar-refractivity contribution in [3.63, 3.8) is 0 Å². The summed E-state index contributed by atoms with van der Waals surface area (Å²) in [6, 6.07) is 0. The molecular weight excluding hydrogens is 436 g/mol. The van der Waals surface area contributed by atoms with Gasteiger partial charge in [-0.1, -0.05) is 81.6 Å². The van der Waals surface area contributed by atoms with E-state index in [9.17, 15) is 34.8 Å². The van der Waals surface area contributed by atoms with Crippen LogP contribution in [0.4, 0.5) is 0 Å². The Kier molecular flexibility index (Phi) is 11.3. The van der Waals surface area contributed by atoms with Gasteiger partial charge in [0.1, 0.15) is 5.41 Å². The summed E-state index contributed by atoms with van der Waals surface area (Å²) in [5.74, 6) is -6.45. The Morgan fingerprint density at radius 2 is 0.971 bits per heavy atom. The normalized spacial score (nSPS) is 16.1. The third-order valence-corrected chi connectivity index (χ3v) is 8.71. The number of hydrogen-bond donors (Lipinski definition) is 4. The molecule has 0 bridgehead atoms. The van der Waals surface area contributed by atoms with Crippen LogP contribution in [-0.2, 0) is 14.4 Å². The number of rotatable bonds is 17. The quantitative estimate of drug-likeness (QED) is 0.192. The van der Waals surface area contributed by atoms with Gasteiger partial charge in [0.05, 0.1) is 5.92 Å². The standard InChI is InChI=1S/C27H50O7/c1-10-23(4,5)14-13-19(20(28)29)27(34,22(32)33)26(21(30)31,17-15-24(6,7)11-2)18-16-25(8,9)12-3/h19,34H,10-18H2,1-9H3,(H,28,29)(H,30,31)(H,32,33). The fraction of sp³-hybridized carbons (Fsp3) is 0.889. The molecule has 7 nitrogen and oxygen atoms in total. The van der Waals surface area contributed by atoms with Crippen LogP contribution in [0.3, 0.4) is 0 Å². The number of carboxylic acid groups (broad SMARTS) is 3. The molecule has 0 aromatic rings. The Labute approximate surface area is 206 Å². The molecule has 0 heterocycles. The highest BCUT2D eigenvalue weighted by Crippen LogP contribution is 2.51. The van der Waals surface area contributed by atoms with E-state index >= 15 is 0 Å². The molecule has 0 saturated heterocycles. The van der Waals surface area contributed by atoms with E-state index in [1.165, 1.54) is 0 Å². The Morgan fingerprint density at radius 3 is 1.24 bits per heavy atom. The molecule has 0 aliphatic heterocycles. The molecule has 2 atom stereocenters. The van der Waals surface area contributed by atoms with E-state index < -0.39 is 34.8 Å². The molecule has 0 aromatic heterocycles. The van der Waals surface area contributed by atoms with Gasteiger partial charge in [-0.15, -0.1) is 0 Å². The highest BCUT2D eigenvalue weighted by molar-refractivity contribution is 5.93. The summed E-state index contributed by atoms with van der Waals surface area (Å²) in [6.45, 7) is 17.7. The topological polar surface area (TPSA) is 132 Å². The van der Waals surface area contributed by atoms with Crippen molar-refractivity contribution in [1.29, 1.82) is 0 Å². The molecule has 0 aromatic carbocycles. The van der Waals surface area contributed by atoms with E-state index in [2.05, 4.69) is 0 Å². The first-order valence-electron chi connectivity index (χ1n) is 12.7. The van der Waals surface area contributed by atoms with Crippen molar-refractivity contribution in [2.45, 2.75) is 126 Å². The van der Waals surface area contributed by atoms with Crippen LogP contribution in [0.15, 0.2) is 0 Å². The van der Waals surface area contributed by atoms with Crippen LogP contribution in [0.1, 0.15) is 120 Å². The molecule has 34 heavy (non-hydrogen) atoms. The van der Waals surface area contributed by atoms with Gasteiger partial charge in [-0.05, 0) is 54.8 Å². The summed E-state index contributed by atoms with van der Waals surface area (Å²) in [7, 11) is 0. The van der Waals surface area contributed by atoms with Crippen molar-refractivity contribution in [3.8, 4) is 0 Å². The van der Waals surface area contributed by atoms with Gasteiger partial charge in [0, 0.05) is 0 Å². The molecule has 7 heteroatoms. The van der Waals surface area contributed by atoms with E-state index in [1.54, 1.807) is 0 Å². The first kappa shape index (κ1) is 32.4. The van der Waals surface area contributed by atoms with Crippen LogP contribution in [0.5, 0.6) is 0 Å². The van der Waals surface area contributed by atoms with Crippen molar-refractivity contribution in [2.24, 2.45) is 27.6 Å². The van der Waals surface area contributed by atoms with Crippen LogP contribution < -0.4 is 0 Å². The number of aliphatic hydroxyl groups is 1. The maximum absolute atomic E-state index is 13.0. The lowest BCUT2D eigenvalue weighted by atomic mass is 9.57. The van der Waals surface area contributed by atoms with Crippen LogP contribution in [0, 0.1) is 27.6 Å². The van der Waals surface area contributed by atoms with E-state index in [4.69, 9.17) is 0 Å². The Balaban J connectivity index is 6.90. The second kappa shape index (κ2) is 11.9.